The molecule has 1 aromatic carbocycles. The smallest absolute Gasteiger partial charge is 0.130 e. The molecule has 1 saturated carbocycles. The summed E-state index contributed by atoms with van der Waals surface area (Å²) in [6.45, 7) is 3.76. The molecule has 3 heteroatoms. The molecule has 104 valence electrons. The largest absolute Gasteiger partial charge is 0.490 e. The number of Topliss-reactive ketones (excluding diaryl/α,β-unsaturated/α-hetero) is 1. The molecule has 2 nitrogen and oxygen atoms in total. The number of carbonyl (C=O) groups is 1. The van der Waals surface area contributed by atoms with Crippen molar-refractivity contribution in [1.29, 1.82) is 0 Å². The van der Waals surface area contributed by atoms with Crippen LogP contribution < -0.4 is 4.74 Å². The number of rotatable bonds is 4. The highest BCUT2D eigenvalue weighted by Crippen LogP contribution is 2.32. The molecule has 0 heterocycles. The van der Waals surface area contributed by atoms with E-state index in [0.717, 1.165) is 47.9 Å². The molecule has 0 unspecified atom stereocenters. The zero-order valence-electron chi connectivity index (χ0n) is 11.6. The summed E-state index contributed by atoms with van der Waals surface area (Å²) in [6.07, 6.45) is 5.38. The molecule has 0 bridgehead atoms. The van der Waals surface area contributed by atoms with Crippen LogP contribution in [0.15, 0.2) is 22.7 Å². The Labute approximate surface area is 123 Å². The maximum atomic E-state index is 11.1. The van der Waals surface area contributed by atoms with Gasteiger partial charge in [-0.15, -0.1) is 0 Å². The highest BCUT2D eigenvalue weighted by atomic mass is 79.9. The van der Waals surface area contributed by atoms with Gasteiger partial charge in [0.1, 0.15) is 11.5 Å². The van der Waals surface area contributed by atoms with E-state index in [1.165, 1.54) is 0 Å². The molecule has 1 aliphatic carbocycles. The minimum absolute atomic E-state index is 0.302. The second-order valence-corrected chi connectivity index (χ2v) is 6.38. The second kappa shape index (κ2) is 6.56. The van der Waals surface area contributed by atoms with Crippen molar-refractivity contribution in [2.45, 2.75) is 52.1 Å². The fraction of sp³-hybridized carbons (Fsp3) is 0.562. The van der Waals surface area contributed by atoms with Gasteiger partial charge in [-0.2, -0.15) is 0 Å². The van der Waals surface area contributed by atoms with Crippen molar-refractivity contribution in [3.63, 3.8) is 0 Å². The second-order valence-electron chi connectivity index (χ2n) is 5.53. The topological polar surface area (TPSA) is 26.3 Å². The SMILES string of the molecule is CC(=O)C[C@H]1CC[C@H](Oc2cccc(Br)c2C)CC1. The Morgan fingerprint density at radius 3 is 2.63 bits per heavy atom. The summed E-state index contributed by atoms with van der Waals surface area (Å²) >= 11 is 3.53. The zero-order valence-corrected chi connectivity index (χ0v) is 13.2. The molecule has 0 aliphatic heterocycles. The van der Waals surface area contributed by atoms with Crippen molar-refractivity contribution in [2.75, 3.05) is 0 Å². The highest BCUT2D eigenvalue weighted by Gasteiger charge is 2.23. The Hall–Kier alpha value is -0.830. The Morgan fingerprint density at radius 1 is 1.32 bits per heavy atom. The minimum Gasteiger partial charge on any atom is -0.490 e. The fourth-order valence-electron chi connectivity index (χ4n) is 2.76. The first kappa shape index (κ1) is 14.6. The van der Waals surface area contributed by atoms with Crippen molar-refractivity contribution in [2.24, 2.45) is 5.92 Å². The summed E-state index contributed by atoms with van der Waals surface area (Å²) in [5.41, 5.74) is 1.16. The van der Waals surface area contributed by atoms with E-state index in [-0.39, 0.29) is 0 Å². The summed E-state index contributed by atoms with van der Waals surface area (Å²) in [5.74, 6) is 1.86. The van der Waals surface area contributed by atoms with Crippen LogP contribution in [-0.2, 0) is 4.79 Å². The maximum absolute atomic E-state index is 11.1. The lowest BCUT2D eigenvalue weighted by Crippen LogP contribution is -2.25. The predicted molar refractivity (Wildman–Crippen MR) is 80.6 cm³/mol. The molecule has 0 radical (unpaired) electrons. The van der Waals surface area contributed by atoms with Gasteiger partial charge in [-0.05, 0) is 57.6 Å². The molecular formula is C16H21BrO2. The van der Waals surface area contributed by atoms with Gasteiger partial charge in [0.15, 0.2) is 0 Å². The third kappa shape index (κ3) is 4.07. The molecule has 0 N–H and O–H groups in total. The average molecular weight is 325 g/mol. The minimum atomic E-state index is 0.302. The lowest BCUT2D eigenvalue weighted by molar-refractivity contribution is -0.118. The summed E-state index contributed by atoms with van der Waals surface area (Å²) in [4.78, 5) is 11.1. The van der Waals surface area contributed by atoms with Gasteiger partial charge in [-0.1, -0.05) is 22.0 Å². The van der Waals surface area contributed by atoms with Crippen LogP contribution in [0.25, 0.3) is 0 Å². The number of ketones is 1. The van der Waals surface area contributed by atoms with E-state index in [0.29, 0.717) is 17.8 Å². The number of hydrogen-bond acceptors (Lipinski definition) is 2. The lowest BCUT2D eigenvalue weighted by Gasteiger charge is -2.29. The molecule has 0 saturated heterocycles. The van der Waals surface area contributed by atoms with Crippen molar-refractivity contribution in [3.8, 4) is 5.75 Å². The standard InChI is InChI=1S/C16H21BrO2/c1-11(18)10-13-6-8-14(9-7-13)19-16-5-3-4-15(17)12(16)2/h3-5,13-14H,6-10H2,1-2H3/t13-,14-. The molecule has 1 fully saturated rings. The van der Waals surface area contributed by atoms with Gasteiger partial charge >= 0.3 is 0 Å². The number of carbonyl (C=O) groups excluding carboxylic acids is 1. The number of hydrogen-bond donors (Lipinski definition) is 0. The molecule has 19 heavy (non-hydrogen) atoms. The summed E-state index contributed by atoms with van der Waals surface area (Å²) in [6, 6.07) is 6.07. The molecule has 0 aromatic heterocycles. The van der Waals surface area contributed by atoms with Crippen molar-refractivity contribution >= 4 is 21.7 Å². The van der Waals surface area contributed by atoms with Gasteiger partial charge in [0.05, 0.1) is 6.10 Å². The van der Waals surface area contributed by atoms with Crippen LogP contribution in [0.4, 0.5) is 0 Å². The van der Waals surface area contributed by atoms with Crippen LogP contribution in [0, 0.1) is 12.8 Å². The Bertz CT molecular complexity index is 448. The quantitative estimate of drug-likeness (QED) is 0.804. The molecular weight excluding hydrogens is 304 g/mol. The van der Waals surface area contributed by atoms with Crippen LogP contribution in [0.1, 0.15) is 44.6 Å². The normalized spacial score (nSPS) is 23.1. The van der Waals surface area contributed by atoms with E-state index >= 15 is 0 Å². The van der Waals surface area contributed by atoms with Crippen LogP contribution in [0.2, 0.25) is 0 Å². The molecule has 1 aromatic rings. The van der Waals surface area contributed by atoms with E-state index in [4.69, 9.17) is 4.74 Å². The van der Waals surface area contributed by atoms with Gasteiger partial charge in [0, 0.05) is 16.5 Å². The first-order valence-electron chi connectivity index (χ1n) is 6.97. The van der Waals surface area contributed by atoms with Crippen LogP contribution in [-0.4, -0.2) is 11.9 Å². The van der Waals surface area contributed by atoms with E-state index < -0.39 is 0 Å². The number of benzene rings is 1. The van der Waals surface area contributed by atoms with Crippen molar-refractivity contribution in [1.82, 2.24) is 0 Å². The highest BCUT2D eigenvalue weighted by molar-refractivity contribution is 9.10. The Kier molecular flexibility index (Phi) is 5.03. The molecule has 2 rings (SSSR count). The number of halogens is 1. The fourth-order valence-corrected chi connectivity index (χ4v) is 3.10. The van der Waals surface area contributed by atoms with Crippen LogP contribution in [0.5, 0.6) is 5.75 Å². The lowest BCUT2D eigenvalue weighted by atomic mass is 9.84. The van der Waals surface area contributed by atoms with Crippen LogP contribution in [0.3, 0.4) is 0 Å². The first-order chi connectivity index (χ1) is 9.06. The average Bonchev–Trinajstić information content (AvgIpc) is 2.37. The molecule has 1 aliphatic rings. The van der Waals surface area contributed by atoms with Crippen molar-refractivity contribution in [3.05, 3.63) is 28.2 Å². The van der Waals surface area contributed by atoms with Crippen molar-refractivity contribution < 1.29 is 9.53 Å². The monoisotopic (exact) mass is 324 g/mol. The molecule has 0 amide bonds. The van der Waals surface area contributed by atoms with Gasteiger partial charge in [-0.3, -0.25) is 0 Å². The molecule has 0 atom stereocenters. The van der Waals surface area contributed by atoms with Crippen LogP contribution >= 0.6 is 15.9 Å². The third-order valence-corrected chi connectivity index (χ3v) is 4.74. The van der Waals surface area contributed by atoms with E-state index in [2.05, 4.69) is 22.9 Å². The van der Waals surface area contributed by atoms with Gasteiger partial charge in [-0.25, -0.2) is 0 Å². The zero-order chi connectivity index (χ0) is 13.8. The summed E-state index contributed by atoms with van der Waals surface area (Å²) < 4.78 is 7.20. The summed E-state index contributed by atoms with van der Waals surface area (Å²) in [7, 11) is 0. The number of ether oxygens (including phenoxy) is 1. The Morgan fingerprint density at radius 2 is 2.00 bits per heavy atom. The third-order valence-electron chi connectivity index (χ3n) is 3.88. The van der Waals surface area contributed by atoms with Gasteiger partial charge in [0.2, 0.25) is 0 Å². The first-order valence-corrected chi connectivity index (χ1v) is 7.76. The van der Waals surface area contributed by atoms with E-state index in [9.17, 15) is 4.79 Å². The van der Waals surface area contributed by atoms with E-state index in [1.54, 1.807) is 6.92 Å². The predicted octanol–water partition coefficient (Wildman–Crippen LogP) is 4.67. The Balaban J connectivity index is 1.89. The van der Waals surface area contributed by atoms with Gasteiger partial charge in [0.25, 0.3) is 0 Å². The maximum Gasteiger partial charge on any atom is 0.130 e. The molecule has 0 spiro atoms. The van der Waals surface area contributed by atoms with Gasteiger partial charge < -0.3 is 9.53 Å². The van der Waals surface area contributed by atoms with E-state index in [1.807, 2.05) is 18.2 Å². The summed E-state index contributed by atoms with van der Waals surface area (Å²) in [5, 5.41) is 0.